The van der Waals surface area contributed by atoms with Crippen molar-refractivity contribution in [1.82, 2.24) is 0 Å². The summed E-state index contributed by atoms with van der Waals surface area (Å²) in [5.41, 5.74) is 0. The molecule has 0 spiro atoms. The summed E-state index contributed by atoms with van der Waals surface area (Å²) in [6, 6.07) is 0. The topological polar surface area (TPSA) is 0 Å². The summed E-state index contributed by atoms with van der Waals surface area (Å²) in [7, 11) is 0. The molecule has 2 aliphatic heterocycles. The molecule has 1 aromatic rings. The fraction of sp³-hybridized carbons (Fsp3) is 0.778. The Bertz CT molecular complexity index is 524. The first kappa shape index (κ1) is 16.4. The summed E-state index contributed by atoms with van der Waals surface area (Å²) in [4.78, 5) is 3.37. The molecule has 2 fully saturated rings. The number of rotatable bonds is 2. The van der Waals surface area contributed by atoms with Gasteiger partial charge in [-0.1, -0.05) is 0 Å². The van der Waals surface area contributed by atoms with Gasteiger partial charge in [-0.15, -0.1) is 0 Å². The summed E-state index contributed by atoms with van der Waals surface area (Å²) in [5.74, 6) is 0. The van der Waals surface area contributed by atoms with Crippen LogP contribution in [-0.4, -0.2) is 51.3 Å². The van der Waals surface area contributed by atoms with Crippen molar-refractivity contribution in [3.8, 4) is 0 Å². The predicted octanol–water partition coefficient (Wildman–Crippen LogP) is 4.83. The predicted molar refractivity (Wildman–Crippen MR) is 109 cm³/mol. The molecule has 0 bridgehead atoms. The molecule has 1 aromatic heterocycles. The van der Waals surface area contributed by atoms with E-state index < -0.39 is 13.2 Å². The van der Waals surface area contributed by atoms with Crippen molar-refractivity contribution in [3.05, 3.63) is 9.75 Å². The fourth-order valence-electron chi connectivity index (χ4n) is 5.60. The molecule has 122 valence electrons. The molecule has 2 aliphatic rings. The normalized spacial score (nSPS) is 32.9. The van der Waals surface area contributed by atoms with Gasteiger partial charge in [0.1, 0.15) is 0 Å². The van der Waals surface area contributed by atoms with Crippen LogP contribution in [0.2, 0.25) is 0 Å². The van der Waals surface area contributed by atoms with E-state index in [1.54, 1.807) is 9.75 Å². The second kappa shape index (κ2) is 4.55. The van der Waals surface area contributed by atoms with Crippen molar-refractivity contribution < 1.29 is 0 Å². The first-order valence-electron chi connectivity index (χ1n) is 8.66. The Hall–Kier alpha value is 0.560. The first-order valence-corrected chi connectivity index (χ1v) is 16.5. The zero-order chi connectivity index (χ0) is 15.6. The number of hydrogen-bond acceptors (Lipinski definition) is 1. The second-order valence-corrected chi connectivity index (χ2v) is 24.5. The third-order valence-corrected chi connectivity index (χ3v) is 19.4. The number of hydrogen-bond donors (Lipinski definition) is 0. The summed E-state index contributed by atoms with van der Waals surface area (Å²) in [6.07, 6.45) is 12.0. The molecule has 0 aromatic carbocycles. The van der Waals surface area contributed by atoms with Gasteiger partial charge in [-0.05, 0) is 0 Å². The van der Waals surface area contributed by atoms with Gasteiger partial charge in [-0.25, -0.2) is 0 Å². The zero-order valence-electron chi connectivity index (χ0n) is 15.0. The number of aryl methyl sites for hydroxylation is 2. The van der Waals surface area contributed by atoms with Gasteiger partial charge in [0.2, 0.25) is 0 Å². The Morgan fingerprint density at radius 2 is 0.905 bits per heavy atom. The average Bonchev–Trinajstić information content (AvgIpc) is 2.99. The Kier molecular flexibility index (Phi) is 3.56. The standard InChI is InChI=1S/C18H34P2S/c1-15-17(19(3,4)11-7-8-12-19)18(16(2)21-15)20(5,6)13-9-10-14-20/h7-14H2,1-6H3. The Morgan fingerprint density at radius 1 is 0.619 bits per heavy atom. The van der Waals surface area contributed by atoms with Crippen LogP contribution in [-0.2, 0) is 0 Å². The summed E-state index contributed by atoms with van der Waals surface area (Å²) < 4.78 is 0. The fourth-order valence-corrected chi connectivity index (χ4v) is 21.0. The van der Waals surface area contributed by atoms with Gasteiger partial charge in [0.15, 0.2) is 0 Å². The molecule has 0 unspecified atom stereocenters. The molecule has 0 atom stereocenters. The van der Waals surface area contributed by atoms with Gasteiger partial charge < -0.3 is 0 Å². The quantitative estimate of drug-likeness (QED) is 0.674. The van der Waals surface area contributed by atoms with E-state index >= 15 is 0 Å². The molecule has 0 nitrogen and oxygen atoms in total. The van der Waals surface area contributed by atoms with Crippen LogP contribution in [0.15, 0.2) is 0 Å². The third-order valence-electron chi connectivity index (χ3n) is 6.73. The van der Waals surface area contributed by atoms with Crippen LogP contribution in [0.4, 0.5) is 0 Å². The van der Waals surface area contributed by atoms with E-state index in [1.807, 2.05) is 10.6 Å². The van der Waals surface area contributed by atoms with E-state index in [4.69, 9.17) is 0 Å². The number of thiophene rings is 1. The van der Waals surface area contributed by atoms with E-state index in [0.29, 0.717) is 0 Å². The van der Waals surface area contributed by atoms with Gasteiger partial charge in [-0.2, -0.15) is 0 Å². The van der Waals surface area contributed by atoms with Crippen molar-refractivity contribution in [1.29, 1.82) is 0 Å². The first-order chi connectivity index (χ1) is 9.54. The summed E-state index contributed by atoms with van der Waals surface area (Å²) in [6.45, 7) is 12.5. The van der Waals surface area contributed by atoms with Crippen molar-refractivity contribution in [2.24, 2.45) is 0 Å². The van der Waals surface area contributed by atoms with Crippen LogP contribution in [0.3, 0.4) is 0 Å². The van der Waals surface area contributed by atoms with Crippen LogP contribution < -0.4 is 10.6 Å². The molecule has 0 radical (unpaired) electrons. The van der Waals surface area contributed by atoms with Gasteiger partial charge in [0, 0.05) is 0 Å². The summed E-state index contributed by atoms with van der Waals surface area (Å²) >= 11 is 2.13. The van der Waals surface area contributed by atoms with Crippen LogP contribution >= 0.6 is 24.5 Å². The Morgan fingerprint density at radius 3 is 1.19 bits per heavy atom. The molecule has 2 saturated heterocycles. The molecular weight excluding hydrogens is 310 g/mol. The summed E-state index contributed by atoms with van der Waals surface area (Å²) in [5, 5.41) is 3.87. The Labute approximate surface area is 136 Å². The maximum absolute atomic E-state index is 2.71. The molecule has 0 amide bonds. The molecule has 3 heterocycles. The molecule has 0 saturated carbocycles. The van der Waals surface area contributed by atoms with Crippen LogP contribution in [0.1, 0.15) is 35.4 Å². The molecule has 0 N–H and O–H groups in total. The van der Waals surface area contributed by atoms with Crippen LogP contribution in [0, 0.1) is 13.8 Å². The van der Waals surface area contributed by atoms with E-state index in [2.05, 4.69) is 51.8 Å². The molecule has 21 heavy (non-hydrogen) atoms. The minimum atomic E-state index is -1.64. The van der Waals surface area contributed by atoms with Crippen molar-refractivity contribution in [3.63, 3.8) is 0 Å². The average molecular weight is 344 g/mol. The SMILES string of the molecule is Cc1sc(C)c(P2(C)(C)CCCC2)c1P1(C)(C)CCCC1. The van der Waals surface area contributed by atoms with Gasteiger partial charge in [-0.3, -0.25) is 0 Å². The van der Waals surface area contributed by atoms with E-state index in [-0.39, 0.29) is 0 Å². The van der Waals surface area contributed by atoms with Crippen molar-refractivity contribution >= 4 is 35.2 Å². The minimum absolute atomic E-state index is 1.47. The third kappa shape index (κ3) is 2.38. The van der Waals surface area contributed by atoms with E-state index in [1.165, 1.54) is 50.3 Å². The van der Waals surface area contributed by atoms with E-state index in [9.17, 15) is 0 Å². The maximum atomic E-state index is 2.71. The van der Waals surface area contributed by atoms with Gasteiger partial charge in [0.05, 0.1) is 0 Å². The second-order valence-electron chi connectivity index (χ2n) is 9.62. The van der Waals surface area contributed by atoms with Crippen molar-refractivity contribution in [2.75, 3.05) is 51.3 Å². The molecule has 3 heteroatoms. The molecular formula is C18H34P2S. The Balaban J connectivity index is 2.29. The zero-order valence-corrected chi connectivity index (χ0v) is 17.6. The monoisotopic (exact) mass is 344 g/mol. The van der Waals surface area contributed by atoms with Crippen LogP contribution in [0.5, 0.6) is 0 Å². The van der Waals surface area contributed by atoms with E-state index in [0.717, 1.165) is 0 Å². The molecule has 0 aliphatic carbocycles. The van der Waals surface area contributed by atoms with Crippen molar-refractivity contribution in [2.45, 2.75) is 39.5 Å². The van der Waals surface area contributed by atoms with Gasteiger partial charge in [0.25, 0.3) is 0 Å². The van der Waals surface area contributed by atoms with Gasteiger partial charge >= 0.3 is 136 Å². The molecule has 3 rings (SSSR count). The van der Waals surface area contributed by atoms with Crippen LogP contribution in [0.25, 0.3) is 0 Å².